The molecule has 6 heteroatoms. The molecule has 1 aliphatic rings. The molecule has 2 amide bonds. The Morgan fingerprint density at radius 2 is 2.30 bits per heavy atom. The van der Waals surface area contributed by atoms with Gasteiger partial charge in [-0.2, -0.15) is 0 Å². The van der Waals surface area contributed by atoms with Gasteiger partial charge in [-0.25, -0.2) is 0 Å². The lowest BCUT2D eigenvalue weighted by molar-refractivity contribution is -0.135. The van der Waals surface area contributed by atoms with Crippen LogP contribution in [0.25, 0.3) is 0 Å². The summed E-state index contributed by atoms with van der Waals surface area (Å²) in [5, 5.41) is 3.88. The van der Waals surface area contributed by atoms with Gasteiger partial charge in [-0.05, 0) is 20.8 Å². The third-order valence-electron chi connectivity index (χ3n) is 3.58. The van der Waals surface area contributed by atoms with E-state index in [1.54, 1.807) is 16.8 Å². The molecule has 20 heavy (non-hydrogen) atoms. The van der Waals surface area contributed by atoms with Crippen LogP contribution in [0.5, 0.6) is 0 Å². The Labute approximate surface area is 118 Å². The van der Waals surface area contributed by atoms with Gasteiger partial charge in [0.1, 0.15) is 11.5 Å². The quantitative estimate of drug-likeness (QED) is 0.830. The summed E-state index contributed by atoms with van der Waals surface area (Å²) in [7, 11) is 1.73. The summed E-state index contributed by atoms with van der Waals surface area (Å²) in [4.78, 5) is 27.6. The number of hydrogen-bond acceptors (Lipinski definition) is 4. The van der Waals surface area contributed by atoms with Gasteiger partial charge in [-0.15, -0.1) is 0 Å². The molecule has 1 aliphatic heterocycles. The van der Waals surface area contributed by atoms with Gasteiger partial charge >= 0.3 is 0 Å². The van der Waals surface area contributed by atoms with E-state index in [0.717, 1.165) is 11.5 Å². The van der Waals surface area contributed by atoms with E-state index in [9.17, 15) is 9.59 Å². The van der Waals surface area contributed by atoms with Crippen LogP contribution in [0.2, 0.25) is 0 Å². The molecule has 0 N–H and O–H groups in total. The number of rotatable bonds is 4. The van der Waals surface area contributed by atoms with Gasteiger partial charge in [0.2, 0.25) is 11.8 Å². The summed E-state index contributed by atoms with van der Waals surface area (Å²) in [6, 6.07) is 1.95. The monoisotopic (exact) mass is 279 g/mol. The maximum Gasteiger partial charge on any atom is 0.228 e. The molecule has 110 valence electrons. The maximum atomic E-state index is 12.4. The van der Waals surface area contributed by atoms with Crippen LogP contribution in [0.4, 0.5) is 0 Å². The minimum absolute atomic E-state index is 0.0119. The molecule has 1 aromatic heterocycles. The summed E-state index contributed by atoms with van der Waals surface area (Å²) in [5.41, 5.74) is 0.725. The first-order valence-corrected chi connectivity index (χ1v) is 6.85. The van der Waals surface area contributed by atoms with Crippen molar-refractivity contribution in [3.63, 3.8) is 0 Å². The van der Waals surface area contributed by atoms with Gasteiger partial charge in [0, 0.05) is 32.1 Å². The molecule has 0 radical (unpaired) electrons. The summed E-state index contributed by atoms with van der Waals surface area (Å²) >= 11 is 0. The van der Waals surface area contributed by atoms with Crippen molar-refractivity contribution in [2.45, 2.75) is 39.8 Å². The maximum absolute atomic E-state index is 12.4. The molecule has 0 aliphatic carbocycles. The summed E-state index contributed by atoms with van der Waals surface area (Å²) in [6.45, 7) is 6.66. The molecule has 0 saturated carbocycles. The predicted octanol–water partition coefficient (Wildman–Crippen LogP) is 1.20. The molecule has 1 saturated heterocycles. The van der Waals surface area contributed by atoms with Crippen LogP contribution in [0, 0.1) is 12.8 Å². The zero-order valence-electron chi connectivity index (χ0n) is 12.4. The zero-order chi connectivity index (χ0) is 14.9. The second-order valence-corrected chi connectivity index (χ2v) is 5.66. The summed E-state index contributed by atoms with van der Waals surface area (Å²) in [6.07, 6.45) is 0.305. The van der Waals surface area contributed by atoms with Crippen molar-refractivity contribution < 1.29 is 14.1 Å². The fraction of sp³-hybridized carbons (Fsp3) is 0.643. The third-order valence-corrected chi connectivity index (χ3v) is 3.58. The Morgan fingerprint density at radius 3 is 2.80 bits per heavy atom. The fourth-order valence-electron chi connectivity index (χ4n) is 2.52. The number of carbonyl (C=O) groups excluding carboxylic acids is 2. The van der Waals surface area contributed by atoms with Crippen LogP contribution < -0.4 is 0 Å². The van der Waals surface area contributed by atoms with E-state index in [-0.39, 0.29) is 23.8 Å². The highest BCUT2D eigenvalue weighted by atomic mass is 16.5. The SMILES string of the molecule is Cc1cc(CN(C)C(=O)[C@H]2CC(=O)N(C(C)C)C2)no1. The normalized spacial score (nSPS) is 18.9. The summed E-state index contributed by atoms with van der Waals surface area (Å²) < 4.78 is 4.99. The van der Waals surface area contributed by atoms with Gasteiger partial charge in [0.15, 0.2) is 0 Å². The Morgan fingerprint density at radius 1 is 1.60 bits per heavy atom. The molecule has 0 unspecified atom stereocenters. The van der Waals surface area contributed by atoms with Crippen LogP contribution in [0.3, 0.4) is 0 Å². The smallest absolute Gasteiger partial charge is 0.228 e. The molecular weight excluding hydrogens is 258 g/mol. The third kappa shape index (κ3) is 3.00. The highest BCUT2D eigenvalue weighted by molar-refractivity contribution is 5.89. The molecule has 1 atom stereocenters. The Hall–Kier alpha value is -1.85. The lowest BCUT2D eigenvalue weighted by Crippen LogP contribution is -2.36. The molecular formula is C14H21N3O3. The van der Waals surface area contributed by atoms with Crippen LogP contribution in [0.15, 0.2) is 10.6 Å². The van der Waals surface area contributed by atoms with Crippen LogP contribution in [-0.2, 0) is 16.1 Å². The zero-order valence-corrected chi connectivity index (χ0v) is 12.4. The van der Waals surface area contributed by atoms with E-state index in [1.165, 1.54) is 0 Å². The first-order valence-electron chi connectivity index (χ1n) is 6.85. The largest absolute Gasteiger partial charge is 0.361 e. The molecule has 0 bridgehead atoms. The van der Waals surface area contributed by atoms with E-state index < -0.39 is 0 Å². The van der Waals surface area contributed by atoms with Crippen molar-refractivity contribution in [1.82, 2.24) is 15.0 Å². The van der Waals surface area contributed by atoms with Crippen molar-refractivity contribution in [2.75, 3.05) is 13.6 Å². The number of aromatic nitrogens is 1. The first-order chi connectivity index (χ1) is 9.38. The lowest BCUT2D eigenvalue weighted by Gasteiger charge is -2.22. The van der Waals surface area contributed by atoms with Crippen molar-refractivity contribution >= 4 is 11.8 Å². The molecule has 2 heterocycles. The highest BCUT2D eigenvalue weighted by Gasteiger charge is 2.36. The Bertz CT molecular complexity index is 510. The molecule has 1 fully saturated rings. The average Bonchev–Trinajstić information content (AvgIpc) is 2.94. The van der Waals surface area contributed by atoms with Gasteiger partial charge < -0.3 is 14.3 Å². The molecule has 6 nitrogen and oxygen atoms in total. The van der Waals surface area contributed by atoms with Gasteiger partial charge in [-0.1, -0.05) is 5.16 Å². The second-order valence-electron chi connectivity index (χ2n) is 5.66. The Kier molecular flexibility index (Phi) is 4.11. The highest BCUT2D eigenvalue weighted by Crippen LogP contribution is 2.22. The van der Waals surface area contributed by atoms with Crippen molar-refractivity contribution in [3.8, 4) is 0 Å². The van der Waals surface area contributed by atoms with Crippen molar-refractivity contribution in [1.29, 1.82) is 0 Å². The first kappa shape index (κ1) is 14.6. The van der Waals surface area contributed by atoms with E-state index in [4.69, 9.17) is 4.52 Å². The number of hydrogen-bond donors (Lipinski definition) is 0. The molecule has 1 aromatic rings. The van der Waals surface area contributed by atoms with Gasteiger partial charge in [-0.3, -0.25) is 9.59 Å². The van der Waals surface area contributed by atoms with Crippen LogP contribution in [-0.4, -0.2) is 46.4 Å². The minimum Gasteiger partial charge on any atom is -0.361 e. The minimum atomic E-state index is -0.247. The van der Waals surface area contributed by atoms with Crippen molar-refractivity contribution in [2.24, 2.45) is 5.92 Å². The standard InChI is InChI=1S/C14H21N3O3/c1-9(2)17-7-11(6-13(17)18)14(19)16(4)8-12-5-10(3)20-15-12/h5,9,11H,6-8H2,1-4H3/t11-/m0/s1. The predicted molar refractivity (Wildman–Crippen MR) is 72.7 cm³/mol. The number of aryl methyl sites for hydroxylation is 1. The number of likely N-dealkylation sites (tertiary alicyclic amines) is 1. The van der Waals surface area contributed by atoms with E-state index in [2.05, 4.69) is 5.16 Å². The molecule has 2 rings (SSSR count). The average molecular weight is 279 g/mol. The van der Waals surface area contributed by atoms with Crippen LogP contribution >= 0.6 is 0 Å². The number of nitrogens with zero attached hydrogens (tertiary/aromatic N) is 3. The number of amides is 2. The van der Waals surface area contributed by atoms with E-state index >= 15 is 0 Å². The lowest BCUT2D eigenvalue weighted by atomic mass is 10.1. The Balaban J connectivity index is 1.96. The number of carbonyl (C=O) groups is 2. The van der Waals surface area contributed by atoms with Gasteiger partial charge in [0.25, 0.3) is 0 Å². The molecule has 0 spiro atoms. The molecule has 0 aromatic carbocycles. The van der Waals surface area contributed by atoms with Crippen LogP contribution in [0.1, 0.15) is 31.7 Å². The second kappa shape index (κ2) is 5.64. The van der Waals surface area contributed by atoms with Crippen molar-refractivity contribution in [3.05, 3.63) is 17.5 Å². The topological polar surface area (TPSA) is 66.7 Å². The fourth-order valence-corrected chi connectivity index (χ4v) is 2.52. The van der Waals surface area contributed by atoms with E-state index in [0.29, 0.717) is 19.5 Å². The van der Waals surface area contributed by atoms with E-state index in [1.807, 2.05) is 26.8 Å². The van der Waals surface area contributed by atoms with Gasteiger partial charge in [0.05, 0.1) is 12.5 Å². The summed E-state index contributed by atoms with van der Waals surface area (Å²) in [5.74, 6) is 0.525.